The van der Waals surface area contributed by atoms with Crippen molar-refractivity contribution < 1.29 is 9.59 Å². The van der Waals surface area contributed by atoms with Crippen molar-refractivity contribution in [2.45, 2.75) is 26.2 Å². The van der Waals surface area contributed by atoms with E-state index in [1.54, 1.807) is 0 Å². The van der Waals surface area contributed by atoms with E-state index in [9.17, 15) is 9.59 Å². The molecular weight excluding hydrogens is 244 g/mol. The van der Waals surface area contributed by atoms with Gasteiger partial charge in [0.2, 0.25) is 11.8 Å². The van der Waals surface area contributed by atoms with Crippen LogP contribution < -0.4 is 11.5 Å². The maximum Gasteiger partial charge on any atom is 0.231 e. The summed E-state index contributed by atoms with van der Waals surface area (Å²) in [5.41, 5.74) is 10.7. The monoisotopic (exact) mass is 270 g/mol. The van der Waals surface area contributed by atoms with Gasteiger partial charge in [0.05, 0.1) is 6.54 Å². The molecule has 6 nitrogen and oxygen atoms in total. The van der Waals surface area contributed by atoms with Crippen molar-refractivity contribution in [2.24, 2.45) is 17.4 Å². The number of nitrogens with zero attached hydrogens (tertiary/aromatic N) is 2. The molecule has 6 heteroatoms. The summed E-state index contributed by atoms with van der Waals surface area (Å²) in [6.07, 6.45) is 2.30. The molecule has 0 spiro atoms. The van der Waals surface area contributed by atoms with Gasteiger partial charge in [0, 0.05) is 32.6 Å². The highest BCUT2D eigenvalue weighted by Crippen LogP contribution is 2.09. The topological polar surface area (TPSA) is 92.7 Å². The molecule has 1 atom stereocenters. The SMILES string of the molecule is CC(CN)CCC(=O)N1CCCN(CC(N)=O)CC1. The molecular formula is C13H26N4O2. The summed E-state index contributed by atoms with van der Waals surface area (Å²) in [7, 11) is 0. The molecule has 0 aliphatic carbocycles. The van der Waals surface area contributed by atoms with Gasteiger partial charge in [-0.2, -0.15) is 0 Å². The van der Waals surface area contributed by atoms with Crippen LogP contribution in [-0.4, -0.2) is 60.9 Å². The van der Waals surface area contributed by atoms with Crippen molar-refractivity contribution in [2.75, 3.05) is 39.3 Å². The Morgan fingerprint density at radius 1 is 1.21 bits per heavy atom. The fourth-order valence-corrected chi connectivity index (χ4v) is 2.24. The Kier molecular flexibility index (Phi) is 6.80. The molecule has 2 amide bonds. The Morgan fingerprint density at radius 2 is 1.95 bits per heavy atom. The van der Waals surface area contributed by atoms with Crippen molar-refractivity contribution in [1.82, 2.24) is 9.80 Å². The molecule has 1 unspecified atom stereocenters. The molecule has 1 saturated heterocycles. The molecule has 1 fully saturated rings. The van der Waals surface area contributed by atoms with Crippen molar-refractivity contribution in [3.05, 3.63) is 0 Å². The summed E-state index contributed by atoms with van der Waals surface area (Å²) in [5.74, 6) is 0.278. The first-order valence-electron chi connectivity index (χ1n) is 7.01. The number of hydrogen-bond donors (Lipinski definition) is 2. The molecule has 0 bridgehead atoms. The lowest BCUT2D eigenvalue weighted by molar-refractivity contribution is -0.131. The lowest BCUT2D eigenvalue weighted by Gasteiger charge is -2.22. The normalized spacial score (nSPS) is 18.9. The van der Waals surface area contributed by atoms with Crippen molar-refractivity contribution in [3.8, 4) is 0 Å². The van der Waals surface area contributed by atoms with Crippen molar-refractivity contribution in [3.63, 3.8) is 0 Å². The van der Waals surface area contributed by atoms with Gasteiger partial charge in [-0.3, -0.25) is 14.5 Å². The highest BCUT2D eigenvalue weighted by atomic mass is 16.2. The summed E-state index contributed by atoms with van der Waals surface area (Å²) >= 11 is 0. The van der Waals surface area contributed by atoms with Crippen LogP contribution in [0.1, 0.15) is 26.2 Å². The molecule has 0 aromatic rings. The van der Waals surface area contributed by atoms with E-state index in [-0.39, 0.29) is 18.4 Å². The van der Waals surface area contributed by atoms with Crippen LogP contribution in [0.2, 0.25) is 0 Å². The molecule has 0 aromatic carbocycles. The number of rotatable bonds is 6. The lowest BCUT2D eigenvalue weighted by atomic mass is 10.1. The van der Waals surface area contributed by atoms with Crippen molar-refractivity contribution in [1.29, 1.82) is 0 Å². The van der Waals surface area contributed by atoms with E-state index in [1.807, 2.05) is 9.80 Å². The number of carbonyl (C=O) groups is 2. The van der Waals surface area contributed by atoms with Crippen molar-refractivity contribution >= 4 is 11.8 Å². The van der Waals surface area contributed by atoms with Gasteiger partial charge in [0.25, 0.3) is 0 Å². The minimum absolute atomic E-state index is 0.196. The molecule has 4 N–H and O–H groups in total. The van der Waals surface area contributed by atoms with Crippen LogP contribution in [-0.2, 0) is 9.59 Å². The molecule has 1 rings (SSSR count). The van der Waals surface area contributed by atoms with Crippen LogP contribution in [0.15, 0.2) is 0 Å². The van der Waals surface area contributed by atoms with Gasteiger partial charge < -0.3 is 16.4 Å². The van der Waals surface area contributed by atoms with Crippen LogP contribution in [0.4, 0.5) is 0 Å². The Morgan fingerprint density at radius 3 is 2.58 bits per heavy atom. The molecule has 110 valence electrons. The maximum atomic E-state index is 12.1. The molecule has 1 aliphatic rings. The largest absolute Gasteiger partial charge is 0.369 e. The smallest absolute Gasteiger partial charge is 0.231 e. The van der Waals surface area contributed by atoms with E-state index in [4.69, 9.17) is 11.5 Å². The van der Waals surface area contributed by atoms with Gasteiger partial charge >= 0.3 is 0 Å². The van der Waals surface area contributed by atoms with Gasteiger partial charge in [-0.1, -0.05) is 6.92 Å². The summed E-state index contributed by atoms with van der Waals surface area (Å²) < 4.78 is 0. The fraction of sp³-hybridized carbons (Fsp3) is 0.846. The highest BCUT2D eigenvalue weighted by molar-refractivity contribution is 5.76. The van der Waals surface area contributed by atoms with Gasteiger partial charge in [-0.25, -0.2) is 0 Å². The third kappa shape index (κ3) is 6.02. The molecule has 0 aromatic heterocycles. The Bertz CT molecular complexity index is 309. The third-order valence-electron chi connectivity index (χ3n) is 3.57. The van der Waals surface area contributed by atoms with Gasteiger partial charge in [0.1, 0.15) is 0 Å². The predicted octanol–water partition coefficient (Wildman–Crippen LogP) is -0.619. The van der Waals surface area contributed by atoms with E-state index in [2.05, 4.69) is 6.92 Å². The van der Waals surface area contributed by atoms with Gasteiger partial charge in [-0.15, -0.1) is 0 Å². The van der Waals surface area contributed by atoms with Crippen LogP contribution in [0.5, 0.6) is 0 Å². The predicted molar refractivity (Wildman–Crippen MR) is 74.3 cm³/mol. The zero-order valence-electron chi connectivity index (χ0n) is 11.8. The zero-order valence-corrected chi connectivity index (χ0v) is 11.8. The fourth-order valence-electron chi connectivity index (χ4n) is 2.24. The minimum atomic E-state index is -0.309. The third-order valence-corrected chi connectivity index (χ3v) is 3.57. The Balaban J connectivity index is 2.35. The molecule has 0 radical (unpaired) electrons. The maximum absolute atomic E-state index is 12.1. The molecule has 1 aliphatic heterocycles. The number of carbonyl (C=O) groups excluding carboxylic acids is 2. The number of hydrogen-bond acceptors (Lipinski definition) is 4. The van der Waals surface area contributed by atoms with Crippen LogP contribution in [0, 0.1) is 5.92 Å². The van der Waals surface area contributed by atoms with E-state index in [0.717, 1.165) is 32.5 Å². The van der Waals surface area contributed by atoms with Gasteiger partial charge in [0.15, 0.2) is 0 Å². The second kappa shape index (κ2) is 8.12. The van der Waals surface area contributed by atoms with E-state index in [0.29, 0.717) is 25.4 Å². The van der Waals surface area contributed by atoms with Crippen LogP contribution >= 0.6 is 0 Å². The molecule has 1 heterocycles. The van der Waals surface area contributed by atoms with E-state index >= 15 is 0 Å². The average Bonchev–Trinajstić information content (AvgIpc) is 2.60. The highest BCUT2D eigenvalue weighted by Gasteiger charge is 2.19. The summed E-state index contributed by atoms with van der Waals surface area (Å²) in [4.78, 5) is 26.9. The number of primary amides is 1. The Hall–Kier alpha value is -1.14. The molecule has 0 saturated carbocycles. The van der Waals surface area contributed by atoms with Crippen LogP contribution in [0.3, 0.4) is 0 Å². The minimum Gasteiger partial charge on any atom is -0.369 e. The van der Waals surface area contributed by atoms with Crippen LogP contribution in [0.25, 0.3) is 0 Å². The zero-order chi connectivity index (χ0) is 14.3. The summed E-state index contributed by atoms with van der Waals surface area (Å²) in [6, 6.07) is 0. The summed E-state index contributed by atoms with van der Waals surface area (Å²) in [5, 5.41) is 0. The van der Waals surface area contributed by atoms with Gasteiger partial charge in [-0.05, 0) is 25.3 Å². The first-order chi connectivity index (χ1) is 9.02. The standard InChI is InChI=1S/C13H26N4O2/c1-11(9-14)3-4-13(19)17-6-2-5-16(7-8-17)10-12(15)18/h11H,2-10,14H2,1H3,(H2,15,18). The van der Waals surface area contributed by atoms with E-state index in [1.165, 1.54) is 0 Å². The summed E-state index contributed by atoms with van der Waals surface area (Å²) in [6.45, 7) is 5.97. The number of amides is 2. The first kappa shape index (κ1) is 15.9. The quantitative estimate of drug-likeness (QED) is 0.673. The second-order valence-corrected chi connectivity index (χ2v) is 5.36. The second-order valence-electron chi connectivity index (χ2n) is 5.36. The average molecular weight is 270 g/mol. The van der Waals surface area contributed by atoms with E-state index < -0.39 is 0 Å². The number of nitrogens with two attached hydrogens (primary N) is 2. The first-order valence-corrected chi connectivity index (χ1v) is 7.01. The Labute approximate surface area is 115 Å². The molecule has 19 heavy (non-hydrogen) atoms. The lowest BCUT2D eigenvalue weighted by Crippen LogP contribution is -2.38.